The molecule has 3 N–H and O–H groups in total. The van der Waals surface area contributed by atoms with Crippen LogP contribution in [0.2, 0.25) is 0 Å². The number of benzene rings is 1. The number of aromatic nitrogens is 3. The fourth-order valence-corrected chi connectivity index (χ4v) is 3.70. The fourth-order valence-electron chi connectivity index (χ4n) is 3.70. The van der Waals surface area contributed by atoms with Crippen molar-refractivity contribution in [2.75, 3.05) is 31.9 Å². The van der Waals surface area contributed by atoms with Crippen molar-refractivity contribution < 1.29 is 4.79 Å². The molecule has 0 radical (unpaired) electrons. The minimum Gasteiger partial charge on any atom is -0.383 e. The minimum atomic E-state index is -0.214. The summed E-state index contributed by atoms with van der Waals surface area (Å²) in [6.45, 7) is 5.36. The lowest BCUT2D eigenvalue weighted by Crippen LogP contribution is -2.34. The Hall–Kier alpha value is -2.93. The SMILES string of the molecule is Cc1cc2ncc(C(=O)NCCN3CCC(c4ccccc4)C3)c(N)n2n1. The summed E-state index contributed by atoms with van der Waals surface area (Å²) in [6, 6.07) is 12.4. The van der Waals surface area contributed by atoms with Crippen LogP contribution in [-0.2, 0) is 0 Å². The van der Waals surface area contributed by atoms with E-state index in [2.05, 4.69) is 44.6 Å². The van der Waals surface area contributed by atoms with Gasteiger partial charge in [0.1, 0.15) is 5.82 Å². The molecule has 0 spiro atoms. The molecule has 140 valence electrons. The van der Waals surface area contributed by atoms with Crippen molar-refractivity contribution in [1.29, 1.82) is 0 Å². The van der Waals surface area contributed by atoms with Crippen molar-refractivity contribution in [3.63, 3.8) is 0 Å². The van der Waals surface area contributed by atoms with Crippen molar-refractivity contribution in [3.05, 3.63) is 59.4 Å². The molecule has 1 fully saturated rings. The molecule has 1 aliphatic heterocycles. The first-order valence-electron chi connectivity index (χ1n) is 9.28. The molecule has 7 nitrogen and oxygen atoms in total. The van der Waals surface area contributed by atoms with Crippen LogP contribution in [0.5, 0.6) is 0 Å². The number of rotatable bonds is 5. The van der Waals surface area contributed by atoms with Crippen molar-refractivity contribution >= 4 is 17.4 Å². The molecule has 4 rings (SSSR count). The summed E-state index contributed by atoms with van der Waals surface area (Å²) in [4.78, 5) is 19.1. The van der Waals surface area contributed by atoms with E-state index in [1.807, 2.05) is 19.1 Å². The largest absolute Gasteiger partial charge is 0.383 e. The molecular weight excluding hydrogens is 340 g/mol. The van der Waals surface area contributed by atoms with Crippen LogP contribution >= 0.6 is 0 Å². The van der Waals surface area contributed by atoms with E-state index in [0.29, 0.717) is 29.5 Å². The average Bonchev–Trinajstić information content (AvgIpc) is 3.29. The molecule has 1 unspecified atom stereocenters. The van der Waals surface area contributed by atoms with Crippen molar-refractivity contribution in [2.24, 2.45) is 0 Å². The van der Waals surface area contributed by atoms with E-state index in [-0.39, 0.29) is 5.91 Å². The third-order valence-electron chi connectivity index (χ3n) is 5.14. The minimum absolute atomic E-state index is 0.214. The highest BCUT2D eigenvalue weighted by Crippen LogP contribution is 2.26. The number of carbonyl (C=O) groups excluding carboxylic acids is 1. The Morgan fingerprint density at radius 3 is 2.96 bits per heavy atom. The van der Waals surface area contributed by atoms with Gasteiger partial charge in [-0.15, -0.1) is 0 Å². The quantitative estimate of drug-likeness (QED) is 0.721. The van der Waals surface area contributed by atoms with E-state index in [9.17, 15) is 4.79 Å². The summed E-state index contributed by atoms with van der Waals surface area (Å²) in [5, 5.41) is 7.23. The first kappa shape index (κ1) is 17.5. The van der Waals surface area contributed by atoms with Crippen molar-refractivity contribution in [3.8, 4) is 0 Å². The molecule has 27 heavy (non-hydrogen) atoms. The molecule has 0 aliphatic carbocycles. The Morgan fingerprint density at radius 2 is 2.15 bits per heavy atom. The van der Waals surface area contributed by atoms with Crippen LogP contribution in [0.4, 0.5) is 5.82 Å². The van der Waals surface area contributed by atoms with Crippen LogP contribution in [0.3, 0.4) is 0 Å². The molecule has 1 aliphatic rings. The second-order valence-corrected chi connectivity index (χ2v) is 7.07. The second kappa shape index (κ2) is 7.36. The molecule has 1 saturated heterocycles. The molecule has 3 aromatic rings. The summed E-state index contributed by atoms with van der Waals surface area (Å²) in [5.74, 6) is 0.678. The highest BCUT2D eigenvalue weighted by molar-refractivity contribution is 5.98. The smallest absolute Gasteiger partial charge is 0.256 e. The number of likely N-dealkylation sites (tertiary alicyclic amines) is 1. The van der Waals surface area contributed by atoms with Gasteiger partial charge in [0.25, 0.3) is 5.91 Å². The monoisotopic (exact) mass is 364 g/mol. The van der Waals surface area contributed by atoms with E-state index in [0.717, 1.165) is 31.7 Å². The average molecular weight is 364 g/mol. The number of fused-ring (bicyclic) bond motifs is 1. The summed E-state index contributed by atoms with van der Waals surface area (Å²) < 4.78 is 1.51. The normalized spacial score (nSPS) is 17.4. The lowest BCUT2D eigenvalue weighted by atomic mass is 9.99. The molecule has 1 atom stereocenters. The van der Waals surface area contributed by atoms with Crippen molar-refractivity contribution in [1.82, 2.24) is 24.8 Å². The maximum absolute atomic E-state index is 12.5. The van der Waals surface area contributed by atoms with E-state index >= 15 is 0 Å². The number of aryl methyl sites for hydroxylation is 1. The van der Waals surface area contributed by atoms with Gasteiger partial charge >= 0.3 is 0 Å². The summed E-state index contributed by atoms with van der Waals surface area (Å²) in [7, 11) is 0. The molecule has 2 aromatic heterocycles. The van der Waals surface area contributed by atoms with Gasteiger partial charge in [0, 0.05) is 31.9 Å². The third kappa shape index (κ3) is 3.64. The Morgan fingerprint density at radius 1 is 1.33 bits per heavy atom. The van der Waals surface area contributed by atoms with Gasteiger partial charge in [-0.25, -0.2) is 4.98 Å². The first-order chi connectivity index (χ1) is 13.1. The number of nitrogen functional groups attached to an aromatic ring is 1. The van der Waals surface area contributed by atoms with Crippen LogP contribution in [0.1, 0.15) is 34.0 Å². The van der Waals surface area contributed by atoms with Gasteiger partial charge in [0.05, 0.1) is 11.3 Å². The van der Waals surface area contributed by atoms with Gasteiger partial charge in [0.2, 0.25) is 0 Å². The number of nitrogens with two attached hydrogens (primary N) is 1. The number of carbonyl (C=O) groups is 1. The van der Waals surface area contributed by atoms with Gasteiger partial charge in [-0.2, -0.15) is 9.61 Å². The molecule has 0 saturated carbocycles. The molecule has 1 aromatic carbocycles. The van der Waals surface area contributed by atoms with Crippen LogP contribution < -0.4 is 11.1 Å². The number of anilines is 1. The Bertz CT molecular complexity index is 952. The van der Waals surface area contributed by atoms with E-state index < -0.39 is 0 Å². The fraction of sp³-hybridized carbons (Fsp3) is 0.350. The molecule has 1 amide bonds. The summed E-state index contributed by atoms with van der Waals surface area (Å²) >= 11 is 0. The highest BCUT2D eigenvalue weighted by atomic mass is 16.1. The number of nitrogens with one attached hydrogen (secondary N) is 1. The van der Waals surface area contributed by atoms with Gasteiger partial charge in [0.15, 0.2) is 5.65 Å². The molecule has 0 bridgehead atoms. The van der Waals surface area contributed by atoms with Crippen LogP contribution in [0.25, 0.3) is 5.65 Å². The van der Waals surface area contributed by atoms with Gasteiger partial charge in [-0.05, 0) is 31.4 Å². The van der Waals surface area contributed by atoms with Crippen molar-refractivity contribution in [2.45, 2.75) is 19.3 Å². The molecular formula is C20H24N6O. The zero-order chi connectivity index (χ0) is 18.8. The number of hydrogen-bond acceptors (Lipinski definition) is 5. The molecule has 3 heterocycles. The van der Waals surface area contributed by atoms with Crippen LogP contribution in [0.15, 0.2) is 42.6 Å². The Labute approximate surface area is 158 Å². The standard InChI is InChI=1S/C20H24N6O/c1-14-11-18-23-12-17(19(21)26(18)24-14)20(27)22-8-10-25-9-7-16(13-25)15-5-3-2-4-6-15/h2-6,11-12,16H,7-10,13,21H2,1H3,(H,22,27). The zero-order valence-corrected chi connectivity index (χ0v) is 15.4. The lowest BCUT2D eigenvalue weighted by molar-refractivity contribution is 0.0950. The van der Waals surface area contributed by atoms with E-state index in [4.69, 9.17) is 5.73 Å². The predicted molar refractivity (Wildman–Crippen MR) is 105 cm³/mol. The topological polar surface area (TPSA) is 88.5 Å². The summed E-state index contributed by atoms with van der Waals surface area (Å²) in [6.07, 6.45) is 2.67. The van der Waals surface area contributed by atoms with Crippen LogP contribution in [0, 0.1) is 6.92 Å². The first-order valence-corrected chi connectivity index (χ1v) is 9.28. The third-order valence-corrected chi connectivity index (χ3v) is 5.14. The second-order valence-electron chi connectivity index (χ2n) is 7.07. The van der Waals surface area contributed by atoms with Crippen LogP contribution in [-0.4, -0.2) is 51.6 Å². The highest BCUT2D eigenvalue weighted by Gasteiger charge is 2.23. The number of nitrogens with zero attached hydrogens (tertiary/aromatic N) is 4. The maximum atomic E-state index is 12.5. The van der Waals surface area contributed by atoms with E-state index in [1.54, 1.807) is 0 Å². The summed E-state index contributed by atoms with van der Waals surface area (Å²) in [5.41, 5.74) is 9.31. The lowest BCUT2D eigenvalue weighted by Gasteiger charge is -2.16. The Kier molecular flexibility index (Phi) is 4.77. The van der Waals surface area contributed by atoms with Gasteiger partial charge in [-0.3, -0.25) is 4.79 Å². The number of hydrogen-bond donors (Lipinski definition) is 2. The number of amides is 1. The van der Waals surface area contributed by atoms with E-state index in [1.165, 1.54) is 16.3 Å². The predicted octanol–water partition coefficient (Wildman–Crippen LogP) is 1.84. The van der Waals surface area contributed by atoms with Gasteiger partial charge in [-0.1, -0.05) is 30.3 Å². The molecule has 7 heteroatoms. The van der Waals surface area contributed by atoms with Gasteiger partial charge < -0.3 is 16.0 Å². The maximum Gasteiger partial charge on any atom is 0.256 e. The zero-order valence-electron chi connectivity index (χ0n) is 15.4. The Balaban J connectivity index is 1.32.